The highest BCUT2D eigenvalue weighted by Crippen LogP contribution is 2.36. The number of nitrogens with zero attached hydrogens (tertiary/aromatic N) is 1. The van der Waals surface area contributed by atoms with Gasteiger partial charge in [-0.1, -0.05) is 31.8 Å². The van der Waals surface area contributed by atoms with E-state index in [1.165, 1.54) is 45.1 Å². The molecular formula is C16H25N. The molecule has 0 aromatic heterocycles. The van der Waals surface area contributed by atoms with Crippen LogP contribution in [0, 0.1) is 18.3 Å². The molecule has 0 saturated carbocycles. The van der Waals surface area contributed by atoms with E-state index in [4.69, 9.17) is 6.42 Å². The van der Waals surface area contributed by atoms with Gasteiger partial charge in [-0.2, -0.15) is 0 Å². The summed E-state index contributed by atoms with van der Waals surface area (Å²) in [5.74, 6) is 3.55. The monoisotopic (exact) mass is 231 g/mol. The van der Waals surface area contributed by atoms with Crippen molar-refractivity contribution in [2.45, 2.75) is 64.0 Å². The largest absolute Gasteiger partial charge is 0.297 e. The van der Waals surface area contributed by atoms with E-state index < -0.39 is 0 Å². The van der Waals surface area contributed by atoms with E-state index in [0.29, 0.717) is 0 Å². The molecule has 2 fully saturated rings. The van der Waals surface area contributed by atoms with Crippen LogP contribution in [0.15, 0.2) is 12.2 Å². The van der Waals surface area contributed by atoms with E-state index in [9.17, 15) is 0 Å². The summed E-state index contributed by atoms with van der Waals surface area (Å²) in [6.45, 7) is 3.67. The minimum Gasteiger partial charge on any atom is -0.297 e. The lowest BCUT2D eigenvalue weighted by atomic mass is 9.78. The quantitative estimate of drug-likeness (QED) is 0.671. The number of fused-ring (bicyclic) bond motifs is 1. The van der Waals surface area contributed by atoms with Crippen LogP contribution in [0.1, 0.15) is 51.9 Å². The first-order valence-corrected chi connectivity index (χ1v) is 7.23. The third-order valence-electron chi connectivity index (χ3n) is 4.62. The first kappa shape index (κ1) is 12.7. The zero-order valence-corrected chi connectivity index (χ0v) is 11.1. The van der Waals surface area contributed by atoms with E-state index in [1.807, 2.05) is 6.08 Å². The van der Waals surface area contributed by atoms with Crippen molar-refractivity contribution in [2.24, 2.45) is 5.92 Å². The molecule has 0 aromatic carbocycles. The molecule has 2 heterocycles. The van der Waals surface area contributed by atoms with Crippen LogP contribution >= 0.6 is 0 Å². The molecule has 1 unspecified atom stereocenters. The lowest BCUT2D eigenvalue weighted by molar-refractivity contribution is 0.0118. The van der Waals surface area contributed by atoms with Crippen molar-refractivity contribution in [3.05, 3.63) is 12.2 Å². The van der Waals surface area contributed by atoms with Crippen LogP contribution in [0.3, 0.4) is 0 Å². The Kier molecular flexibility index (Phi) is 4.68. The molecule has 2 aliphatic heterocycles. The van der Waals surface area contributed by atoms with Gasteiger partial charge in [0.25, 0.3) is 0 Å². The molecule has 2 saturated heterocycles. The maximum Gasteiger partial charge on any atom is 0.0133 e. The van der Waals surface area contributed by atoms with Gasteiger partial charge in [0.2, 0.25) is 0 Å². The Labute approximate surface area is 106 Å². The smallest absolute Gasteiger partial charge is 0.0133 e. The van der Waals surface area contributed by atoms with Crippen LogP contribution in [-0.2, 0) is 0 Å². The Hall–Kier alpha value is -0.740. The van der Waals surface area contributed by atoms with Gasteiger partial charge in [0.1, 0.15) is 0 Å². The van der Waals surface area contributed by atoms with Gasteiger partial charge in [-0.15, -0.1) is 6.42 Å². The summed E-state index contributed by atoms with van der Waals surface area (Å²) in [4.78, 5) is 2.79. The fourth-order valence-corrected chi connectivity index (χ4v) is 3.73. The van der Waals surface area contributed by atoms with Crippen molar-refractivity contribution in [3.63, 3.8) is 0 Å². The number of hydrogen-bond donors (Lipinski definition) is 0. The second-order valence-corrected chi connectivity index (χ2v) is 5.51. The number of piperidine rings is 2. The molecule has 0 aliphatic carbocycles. The standard InChI is InChI=1S/C16H25N/c1-3-5-6-9-15-12-11-14(4-2)16-10-7-8-13-17(15)16/h1,5-6,14-16H,4,7-13H2,2H3/b6-5-/t14?,15-,16+/m0/s1. The number of allylic oxidation sites excluding steroid dienone is 1. The molecule has 0 amide bonds. The Bertz CT molecular complexity index is 299. The minimum atomic E-state index is 0.757. The predicted molar refractivity (Wildman–Crippen MR) is 73.7 cm³/mol. The third-order valence-corrected chi connectivity index (χ3v) is 4.62. The minimum absolute atomic E-state index is 0.757. The van der Waals surface area contributed by atoms with Crippen LogP contribution in [0.2, 0.25) is 0 Å². The number of rotatable bonds is 3. The fraction of sp³-hybridized carbons (Fsp3) is 0.750. The van der Waals surface area contributed by atoms with Gasteiger partial charge in [0.05, 0.1) is 0 Å². The summed E-state index contributed by atoms with van der Waals surface area (Å²) in [5.41, 5.74) is 0. The lowest BCUT2D eigenvalue weighted by Crippen LogP contribution is -2.52. The van der Waals surface area contributed by atoms with Crippen molar-refractivity contribution in [2.75, 3.05) is 6.54 Å². The number of terminal acetylenes is 1. The summed E-state index contributed by atoms with van der Waals surface area (Å²) >= 11 is 0. The summed E-state index contributed by atoms with van der Waals surface area (Å²) in [6, 6.07) is 1.62. The first-order valence-electron chi connectivity index (χ1n) is 7.23. The average Bonchev–Trinajstić information content (AvgIpc) is 2.39. The Morgan fingerprint density at radius 1 is 1.29 bits per heavy atom. The van der Waals surface area contributed by atoms with Crippen LogP contribution < -0.4 is 0 Å². The highest BCUT2D eigenvalue weighted by molar-refractivity contribution is 5.09. The van der Waals surface area contributed by atoms with Gasteiger partial charge in [-0.3, -0.25) is 4.90 Å². The van der Waals surface area contributed by atoms with E-state index in [2.05, 4.69) is 23.8 Å². The van der Waals surface area contributed by atoms with E-state index >= 15 is 0 Å². The van der Waals surface area contributed by atoms with Gasteiger partial charge < -0.3 is 0 Å². The Balaban J connectivity index is 1.99. The second-order valence-electron chi connectivity index (χ2n) is 5.51. The summed E-state index contributed by atoms with van der Waals surface area (Å²) < 4.78 is 0. The first-order chi connectivity index (χ1) is 8.36. The summed E-state index contributed by atoms with van der Waals surface area (Å²) in [5, 5.41) is 0. The van der Waals surface area contributed by atoms with Crippen molar-refractivity contribution in [1.82, 2.24) is 4.90 Å². The molecule has 3 atom stereocenters. The molecule has 2 aliphatic rings. The van der Waals surface area contributed by atoms with Crippen molar-refractivity contribution in [1.29, 1.82) is 0 Å². The molecule has 2 rings (SSSR count). The lowest BCUT2D eigenvalue weighted by Gasteiger charge is -2.49. The predicted octanol–water partition coefficient (Wildman–Crippen LogP) is 3.61. The number of hydrogen-bond acceptors (Lipinski definition) is 1. The molecule has 0 bridgehead atoms. The average molecular weight is 231 g/mol. The normalized spacial score (nSPS) is 34.5. The maximum absolute atomic E-state index is 5.27. The zero-order chi connectivity index (χ0) is 12.1. The molecule has 0 aromatic rings. The maximum atomic E-state index is 5.27. The highest BCUT2D eigenvalue weighted by atomic mass is 15.2. The molecule has 17 heavy (non-hydrogen) atoms. The Morgan fingerprint density at radius 2 is 2.18 bits per heavy atom. The van der Waals surface area contributed by atoms with Crippen LogP contribution in [-0.4, -0.2) is 23.5 Å². The third kappa shape index (κ3) is 2.93. The SMILES string of the molecule is C#C/C=C\C[C@H]1CCC(CC)[C@H]2CCCCN12. The van der Waals surface area contributed by atoms with Crippen molar-refractivity contribution >= 4 is 0 Å². The molecule has 1 heteroatoms. The molecule has 94 valence electrons. The van der Waals surface area contributed by atoms with E-state index in [-0.39, 0.29) is 0 Å². The van der Waals surface area contributed by atoms with Gasteiger partial charge in [-0.25, -0.2) is 0 Å². The van der Waals surface area contributed by atoms with Crippen molar-refractivity contribution < 1.29 is 0 Å². The van der Waals surface area contributed by atoms with Crippen LogP contribution in [0.25, 0.3) is 0 Å². The van der Waals surface area contributed by atoms with E-state index in [1.54, 1.807) is 0 Å². The highest BCUT2D eigenvalue weighted by Gasteiger charge is 2.36. The molecule has 0 spiro atoms. The van der Waals surface area contributed by atoms with Crippen LogP contribution in [0.5, 0.6) is 0 Å². The molecule has 0 radical (unpaired) electrons. The summed E-state index contributed by atoms with van der Waals surface area (Å²) in [7, 11) is 0. The Morgan fingerprint density at radius 3 is 2.94 bits per heavy atom. The summed E-state index contributed by atoms with van der Waals surface area (Å²) in [6.07, 6.45) is 18.9. The molecule has 0 N–H and O–H groups in total. The zero-order valence-electron chi connectivity index (χ0n) is 11.1. The topological polar surface area (TPSA) is 3.24 Å². The van der Waals surface area contributed by atoms with Gasteiger partial charge >= 0.3 is 0 Å². The fourth-order valence-electron chi connectivity index (χ4n) is 3.73. The van der Waals surface area contributed by atoms with Gasteiger partial charge in [0, 0.05) is 12.1 Å². The van der Waals surface area contributed by atoms with Gasteiger partial charge in [0.15, 0.2) is 0 Å². The molecule has 1 nitrogen and oxygen atoms in total. The van der Waals surface area contributed by atoms with Crippen molar-refractivity contribution in [3.8, 4) is 12.3 Å². The van der Waals surface area contributed by atoms with E-state index in [0.717, 1.165) is 24.4 Å². The van der Waals surface area contributed by atoms with Gasteiger partial charge in [-0.05, 0) is 50.6 Å². The van der Waals surface area contributed by atoms with Crippen LogP contribution in [0.4, 0.5) is 0 Å². The second kappa shape index (κ2) is 6.26. The molecular weight excluding hydrogens is 206 g/mol.